The maximum Gasteiger partial charge on any atom is 0.271 e. The van der Waals surface area contributed by atoms with Crippen LogP contribution < -0.4 is 21.8 Å². The van der Waals surface area contributed by atoms with Gasteiger partial charge in [0.2, 0.25) is 5.91 Å². The molecule has 0 unspecified atom stereocenters. The van der Waals surface area contributed by atoms with Crippen LogP contribution in [0, 0.1) is 5.82 Å². The minimum Gasteiger partial charge on any atom is -0.382 e. The van der Waals surface area contributed by atoms with E-state index in [-0.39, 0.29) is 31.0 Å². The number of hydrogen-bond acceptors (Lipinski definition) is 6. The largest absolute Gasteiger partial charge is 0.382 e. The SMILES string of the molecule is Nc1ncccc1NCc1cc(NC(=O)C2=NNC(=O)CC2)ccc1F. The molecule has 8 nitrogen and oxygen atoms in total. The van der Waals surface area contributed by atoms with E-state index in [1.807, 2.05) is 0 Å². The summed E-state index contributed by atoms with van der Waals surface area (Å²) in [6.07, 6.45) is 2.03. The fourth-order valence-corrected chi connectivity index (χ4v) is 2.39. The Kier molecular flexibility index (Phi) is 5.07. The Morgan fingerprint density at radius 3 is 2.88 bits per heavy atom. The van der Waals surface area contributed by atoms with E-state index < -0.39 is 11.7 Å². The highest BCUT2D eigenvalue weighted by Gasteiger charge is 2.18. The van der Waals surface area contributed by atoms with Crippen LogP contribution >= 0.6 is 0 Å². The molecule has 0 spiro atoms. The van der Waals surface area contributed by atoms with E-state index in [4.69, 9.17) is 5.73 Å². The summed E-state index contributed by atoms with van der Waals surface area (Å²) in [4.78, 5) is 27.2. The molecule has 0 aliphatic carbocycles. The summed E-state index contributed by atoms with van der Waals surface area (Å²) in [5.41, 5.74) is 9.59. The van der Waals surface area contributed by atoms with E-state index in [1.54, 1.807) is 18.3 Å². The molecule has 1 aromatic carbocycles. The summed E-state index contributed by atoms with van der Waals surface area (Å²) in [5, 5.41) is 9.39. The Labute approximate surface area is 148 Å². The van der Waals surface area contributed by atoms with Crippen molar-refractivity contribution in [2.24, 2.45) is 5.10 Å². The zero-order valence-corrected chi connectivity index (χ0v) is 13.8. The summed E-state index contributed by atoms with van der Waals surface area (Å²) in [6, 6.07) is 7.70. The molecule has 3 rings (SSSR count). The Bertz CT molecular complexity index is 883. The molecule has 2 aromatic rings. The number of hydrogen-bond donors (Lipinski definition) is 4. The van der Waals surface area contributed by atoms with Crippen LogP contribution in [0.2, 0.25) is 0 Å². The Balaban J connectivity index is 1.68. The molecule has 2 heterocycles. The van der Waals surface area contributed by atoms with Gasteiger partial charge in [0.05, 0.1) is 5.69 Å². The van der Waals surface area contributed by atoms with Gasteiger partial charge in [-0.3, -0.25) is 9.59 Å². The molecule has 1 aliphatic heterocycles. The fraction of sp³-hybridized carbons (Fsp3) is 0.176. The van der Waals surface area contributed by atoms with E-state index in [9.17, 15) is 14.0 Å². The first-order chi connectivity index (χ1) is 12.5. The number of nitrogens with zero attached hydrogens (tertiary/aromatic N) is 2. The average Bonchev–Trinajstić information content (AvgIpc) is 2.64. The molecule has 0 radical (unpaired) electrons. The number of hydrazone groups is 1. The maximum absolute atomic E-state index is 14.0. The molecule has 0 saturated carbocycles. The summed E-state index contributed by atoms with van der Waals surface area (Å²) in [7, 11) is 0. The number of anilines is 3. The Morgan fingerprint density at radius 2 is 2.15 bits per heavy atom. The first-order valence-corrected chi connectivity index (χ1v) is 7.92. The molecule has 0 fully saturated rings. The Hall–Kier alpha value is -3.49. The third-order valence-corrected chi connectivity index (χ3v) is 3.78. The summed E-state index contributed by atoms with van der Waals surface area (Å²) in [6.45, 7) is 0.169. The van der Waals surface area contributed by atoms with Crippen LogP contribution in [0.4, 0.5) is 21.6 Å². The van der Waals surface area contributed by atoms with E-state index in [2.05, 4.69) is 26.1 Å². The number of carbonyl (C=O) groups excluding carboxylic acids is 2. The van der Waals surface area contributed by atoms with Crippen molar-refractivity contribution < 1.29 is 14.0 Å². The summed E-state index contributed by atoms with van der Waals surface area (Å²) in [5.74, 6) is -0.770. The minimum atomic E-state index is -0.438. The van der Waals surface area contributed by atoms with Crippen molar-refractivity contribution in [2.45, 2.75) is 19.4 Å². The van der Waals surface area contributed by atoms with E-state index in [0.717, 1.165) is 0 Å². The number of halogens is 1. The Morgan fingerprint density at radius 1 is 1.31 bits per heavy atom. The zero-order valence-electron chi connectivity index (χ0n) is 13.8. The number of rotatable bonds is 5. The molecule has 2 amide bonds. The van der Waals surface area contributed by atoms with Crippen LogP contribution in [-0.2, 0) is 16.1 Å². The van der Waals surface area contributed by atoms with Crippen molar-refractivity contribution in [3.8, 4) is 0 Å². The number of nitrogen functional groups attached to an aromatic ring is 1. The third kappa shape index (κ3) is 4.12. The minimum absolute atomic E-state index is 0.169. The van der Waals surface area contributed by atoms with Crippen molar-refractivity contribution in [2.75, 3.05) is 16.4 Å². The molecule has 0 saturated heterocycles. The number of amides is 2. The number of nitrogens with one attached hydrogen (secondary N) is 3. The molecule has 134 valence electrons. The van der Waals surface area contributed by atoms with Crippen LogP contribution in [0.5, 0.6) is 0 Å². The number of carbonyl (C=O) groups is 2. The van der Waals surface area contributed by atoms with Crippen molar-refractivity contribution in [1.82, 2.24) is 10.4 Å². The first-order valence-electron chi connectivity index (χ1n) is 7.92. The highest BCUT2D eigenvalue weighted by Crippen LogP contribution is 2.19. The molecule has 5 N–H and O–H groups in total. The number of nitrogens with two attached hydrogens (primary N) is 1. The van der Waals surface area contributed by atoms with Gasteiger partial charge in [0.25, 0.3) is 5.91 Å². The van der Waals surface area contributed by atoms with E-state index in [1.165, 1.54) is 18.2 Å². The predicted octanol–water partition coefficient (Wildman–Crippen LogP) is 1.62. The standard InChI is InChI=1S/C17H17FN6O2/c18-12-4-3-11(22-17(26)14-5-6-15(25)24-23-14)8-10(12)9-21-13-2-1-7-20-16(13)19/h1-4,7-8,21H,5-6,9H2,(H2,19,20)(H,22,26)(H,24,25). The van der Waals surface area contributed by atoms with Crippen molar-refractivity contribution in [3.63, 3.8) is 0 Å². The quantitative estimate of drug-likeness (QED) is 0.649. The maximum atomic E-state index is 14.0. The summed E-state index contributed by atoms with van der Waals surface area (Å²) < 4.78 is 14.0. The van der Waals surface area contributed by atoms with Crippen molar-refractivity contribution in [3.05, 3.63) is 47.9 Å². The van der Waals surface area contributed by atoms with Crippen LogP contribution in [-0.4, -0.2) is 22.5 Å². The van der Waals surface area contributed by atoms with Crippen LogP contribution in [0.25, 0.3) is 0 Å². The highest BCUT2D eigenvalue weighted by molar-refractivity contribution is 6.43. The lowest BCUT2D eigenvalue weighted by molar-refractivity contribution is -0.121. The molecule has 26 heavy (non-hydrogen) atoms. The van der Waals surface area contributed by atoms with Gasteiger partial charge in [-0.1, -0.05) is 0 Å². The lowest BCUT2D eigenvalue weighted by atomic mass is 10.1. The van der Waals surface area contributed by atoms with Crippen LogP contribution in [0.3, 0.4) is 0 Å². The number of pyridine rings is 1. The van der Waals surface area contributed by atoms with Crippen molar-refractivity contribution in [1.29, 1.82) is 0 Å². The van der Waals surface area contributed by atoms with Gasteiger partial charge in [0.15, 0.2) is 0 Å². The monoisotopic (exact) mass is 356 g/mol. The molecular formula is C17H17FN6O2. The second kappa shape index (κ2) is 7.60. The van der Waals surface area contributed by atoms with Gasteiger partial charge < -0.3 is 16.4 Å². The van der Waals surface area contributed by atoms with Gasteiger partial charge in [-0.2, -0.15) is 5.10 Å². The molecule has 0 atom stereocenters. The predicted molar refractivity (Wildman–Crippen MR) is 95.8 cm³/mol. The second-order valence-corrected chi connectivity index (χ2v) is 5.64. The van der Waals surface area contributed by atoms with E-state index in [0.29, 0.717) is 22.8 Å². The molecule has 1 aromatic heterocycles. The fourth-order valence-electron chi connectivity index (χ4n) is 2.39. The van der Waals surface area contributed by atoms with E-state index >= 15 is 0 Å². The van der Waals surface area contributed by atoms with Crippen LogP contribution in [0.1, 0.15) is 18.4 Å². The normalized spacial score (nSPS) is 13.6. The lowest BCUT2D eigenvalue weighted by Gasteiger charge is -2.13. The smallest absolute Gasteiger partial charge is 0.271 e. The number of benzene rings is 1. The van der Waals surface area contributed by atoms with Crippen LogP contribution in [0.15, 0.2) is 41.6 Å². The second-order valence-electron chi connectivity index (χ2n) is 5.64. The van der Waals surface area contributed by atoms with Gasteiger partial charge in [0.1, 0.15) is 17.3 Å². The molecule has 1 aliphatic rings. The number of aromatic nitrogens is 1. The lowest BCUT2D eigenvalue weighted by Crippen LogP contribution is -2.32. The third-order valence-electron chi connectivity index (χ3n) is 3.78. The first kappa shape index (κ1) is 17.3. The van der Waals surface area contributed by atoms with Gasteiger partial charge in [-0.05, 0) is 30.3 Å². The van der Waals surface area contributed by atoms with Gasteiger partial charge in [0, 0.05) is 36.8 Å². The van der Waals surface area contributed by atoms with Crippen molar-refractivity contribution >= 4 is 34.7 Å². The topological polar surface area (TPSA) is 122 Å². The van der Waals surface area contributed by atoms with Gasteiger partial charge in [-0.25, -0.2) is 14.8 Å². The highest BCUT2D eigenvalue weighted by atomic mass is 19.1. The zero-order chi connectivity index (χ0) is 18.5. The molecule has 9 heteroatoms. The molecular weight excluding hydrogens is 339 g/mol. The van der Waals surface area contributed by atoms with Gasteiger partial charge in [-0.15, -0.1) is 0 Å². The summed E-state index contributed by atoms with van der Waals surface area (Å²) >= 11 is 0. The average molecular weight is 356 g/mol. The molecule has 0 bridgehead atoms. The van der Waals surface area contributed by atoms with Gasteiger partial charge >= 0.3 is 0 Å².